The molecule has 1 N–H and O–H groups in total. The zero-order chi connectivity index (χ0) is 21.3. The lowest BCUT2D eigenvalue weighted by atomic mass is 10.1. The van der Waals surface area contributed by atoms with Crippen molar-refractivity contribution in [2.45, 2.75) is 32.2 Å². The van der Waals surface area contributed by atoms with Gasteiger partial charge in [0.05, 0.1) is 5.75 Å². The second kappa shape index (κ2) is 8.19. The van der Waals surface area contributed by atoms with Crippen molar-refractivity contribution in [2.75, 3.05) is 11.1 Å². The average Bonchev–Trinajstić information content (AvgIpc) is 3.06. The zero-order valence-corrected chi connectivity index (χ0v) is 17.7. The second-order valence-electron chi connectivity index (χ2n) is 7.11. The molecular formula is C18H22N6O4S. The molecule has 29 heavy (non-hydrogen) atoms. The minimum atomic E-state index is -0.491. The summed E-state index contributed by atoms with van der Waals surface area (Å²) in [5, 5.41) is 6.94. The molecule has 0 spiro atoms. The number of anilines is 1. The Balaban J connectivity index is 1.99. The van der Waals surface area contributed by atoms with Crippen LogP contribution in [0.3, 0.4) is 0 Å². The lowest BCUT2D eigenvalue weighted by Gasteiger charge is -2.12. The first-order valence-electron chi connectivity index (χ1n) is 9.00. The number of carbonyl (C=O) groups excluding carboxylic acids is 1. The van der Waals surface area contributed by atoms with Crippen LogP contribution in [0.5, 0.6) is 0 Å². The molecule has 0 saturated carbocycles. The molecule has 3 rings (SSSR count). The van der Waals surface area contributed by atoms with Gasteiger partial charge in [0, 0.05) is 26.6 Å². The van der Waals surface area contributed by atoms with E-state index in [1.54, 1.807) is 20.0 Å². The first kappa shape index (κ1) is 20.8. The van der Waals surface area contributed by atoms with Crippen LogP contribution in [0, 0.1) is 12.8 Å². The summed E-state index contributed by atoms with van der Waals surface area (Å²) < 4.78 is 7.26. The summed E-state index contributed by atoms with van der Waals surface area (Å²) in [5.41, 5.74) is -0.695. The molecular weight excluding hydrogens is 396 g/mol. The van der Waals surface area contributed by atoms with Crippen LogP contribution in [-0.4, -0.2) is 35.9 Å². The van der Waals surface area contributed by atoms with Gasteiger partial charge >= 0.3 is 5.69 Å². The monoisotopic (exact) mass is 418 g/mol. The highest BCUT2D eigenvalue weighted by atomic mass is 32.2. The minimum Gasteiger partial charge on any atom is -0.360 e. The smallest absolute Gasteiger partial charge is 0.332 e. The van der Waals surface area contributed by atoms with Crippen LogP contribution in [0.4, 0.5) is 5.82 Å². The molecule has 0 aromatic carbocycles. The largest absolute Gasteiger partial charge is 0.360 e. The van der Waals surface area contributed by atoms with Crippen molar-refractivity contribution in [3.8, 4) is 0 Å². The zero-order valence-electron chi connectivity index (χ0n) is 16.8. The number of nitrogens with zero attached hydrogens (tertiary/aromatic N) is 5. The number of aryl methyl sites for hydroxylation is 2. The van der Waals surface area contributed by atoms with Gasteiger partial charge in [-0.05, 0) is 12.8 Å². The van der Waals surface area contributed by atoms with Gasteiger partial charge in [-0.25, -0.2) is 14.8 Å². The second-order valence-corrected chi connectivity index (χ2v) is 8.07. The molecule has 1 amide bonds. The first-order valence-corrected chi connectivity index (χ1v) is 9.98. The summed E-state index contributed by atoms with van der Waals surface area (Å²) in [5.74, 6) is 1.39. The standard InChI is InChI=1S/C18H22N6O4S/c1-9(2)6-11-20-15-14(17(26)24(5)18(27)23(15)4)16(21-11)29-8-13(25)19-12-7-10(3)28-22-12/h7,9H,6,8H2,1-5H3,(H,19,22,25). The van der Waals surface area contributed by atoms with Crippen LogP contribution in [0.15, 0.2) is 25.2 Å². The minimum absolute atomic E-state index is 0.00509. The van der Waals surface area contributed by atoms with E-state index in [1.165, 1.54) is 11.6 Å². The van der Waals surface area contributed by atoms with Crippen molar-refractivity contribution in [3.63, 3.8) is 0 Å². The van der Waals surface area contributed by atoms with Gasteiger partial charge in [-0.3, -0.25) is 18.7 Å². The Labute approximate surface area is 170 Å². The molecule has 0 unspecified atom stereocenters. The molecule has 3 heterocycles. The van der Waals surface area contributed by atoms with Crippen molar-refractivity contribution >= 4 is 34.5 Å². The van der Waals surface area contributed by atoms with Crippen LogP contribution in [0.2, 0.25) is 0 Å². The fourth-order valence-corrected chi connectivity index (χ4v) is 3.60. The third-order valence-corrected chi connectivity index (χ3v) is 5.11. The normalized spacial score (nSPS) is 11.4. The number of rotatable bonds is 6. The number of thioether (sulfide) groups is 1. The Morgan fingerprint density at radius 1 is 1.24 bits per heavy atom. The number of nitrogens with one attached hydrogen (secondary N) is 1. The molecule has 3 aromatic heterocycles. The quantitative estimate of drug-likeness (QED) is 0.468. The maximum atomic E-state index is 12.7. The molecule has 154 valence electrons. The van der Waals surface area contributed by atoms with E-state index in [2.05, 4.69) is 20.4 Å². The molecule has 0 fully saturated rings. The number of hydrogen-bond acceptors (Lipinski definition) is 8. The predicted molar refractivity (Wildman–Crippen MR) is 109 cm³/mol. The molecule has 11 heteroatoms. The molecule has 0 saturated heterocycles. The summed E-state index contributed by atoms with van der Waals surface area (Å²) in [6, 6.07) is 1.61. The maximum absolute atomic E-state index is 12.7. The van der Waals surface area contributed by atoms with E-state index in [0.717, 1.165) is 16.3 Å². The Hall–Kier alpha value is -2.95. The van der Waals surface area contributed by atoms with Crippen molar-refractivity contribution < 1.29 is 9.32 Å². The summed E-state index contributed by atoms with van der Waals surface area (Å²) in [4.78, 5) is 46.2. The van der Waals surface area contributed by atoms with E-state index >= 15 is 0 Å². The summed E-state index contributed by atoms with van der Waals surface area (Å²) in [6.45, 7) is 5.77. The Bertz CT molecular complexity index is 1190. The number of aromatic nitrogens is 5. The molecule has 10 nitrogen and oxygen atoms in total. The molecule has 0 aliphatic heterocycles. The predicted octanol–water partition coefficient (Wildman–Crippen LogP) is 1.25. The number of hydrogen-bond donors (Lipinski definition) is 1. The van der Waals surface area contributed by atoms with E-state index < -0.39 is 11.2 Å². The van der Waals surface area contributed by atoms with Crippen molar-refractivity contribution in [1.82, 2.24) is 24.3 Å². The lowest BCUT2D eigenvalue weighted by Crippen LogP contribution is -2.38. The van der Waals surface area contributed by atoms with Gasteiger partial charge in [-0.15, -0.1) is 0 Å². The van der Waals surface area contributed by atoms with E-state index in [9.17, 15) is 14.4 Å². The van der Waals surface area contributed by atoms with E-state index in [1.807, 2.05) is 13.8 Å². The lowest BCUT2D eigenvalue weighted by molar-refractivity contribution is -0.113. The summed E-state index contributed by atoms with van der Waals surface area (Å²) in [7, 11) is 2.96. The van der Waals surface area contributed by atoms with Gasteiger partial charge in [0.25, 0.3) is 5.56 Å². The van der Waals surface area contributed by atoms with Crippen molar-refractivity contribution in [2.24, 2.45) is 20.0 Å². The summed E-state index contributed by atoms with van der Waals surface area (Å²) in [6.07, 6.45) is 0.581. The SMILES string of the molecule is Cc1cc(NC(=O)CSc2nc(CC(C)C)nc3c2c(=O)n(C)c(=O)n3C)no1. The van der Waals surface area contributed by atoms with Gasteiger partial charge in [0.2, 0.25) is 5.91 Å². The van der Waals surface area contributed by atoms with Crippen molar-refractivity contribution in [1.29, 1.82) is 0 Å². The number of carbonyl (C=O) groups is 1. The van der Waals surface area contributed by atoms with Crippen LogP contribution >= 0.6 is 11.8 Å². The topological polar surface area (TPSA) is 125 Å². The van der Waals surface area contributed by atoms with Gasteiger partial charge in [-0.1, -0.05) is 30.8 Å². The van der Waals surface area contributed by atoms with Crippen LogP contribution in [0.25, 0.3) is 11.0 Å². The third-order valence-electron chi connectivity index (χ3n) is 4.14. The highest BCUT2D eigenvalue weighted by Gasteiger charge is 2.19. The average molecular weight is 418 g/mol. The Morgan fingerprint density at radius 2 is 1.97 bits per heavy atom. The molecule has 0 bridgehead atoms. The van der Waals surface area contributed by atoms with E-state index in [-0.39, 0.29) is 28.6 Å². The number of fused-ring (bicyclic) bond motifs is 1. The molecule has 0 aliphatic carbocycles. The fraction of sp³-hybridized carbons (Fsp3) is 0.444. The van der Waals surface area contributed by atoms with E-state index in [0.29, 0.717) is 28.8 Å². The summed E-state index contributed by atoms with van der Waals surface area (Å²) >= 11 is 1.11. The van der Waals surface area contributed by atoms with Crippen molar-refractivity contribution in [3.05, 3.63) is 38.5 Å². The van der Waals surface area contributed by atoms with Gasteiger partial charge < -0.3 is 9.84 Å². The van der Waals surface area contributed by atoms with Gasteiger partial charge in [0.1, 0.15) is 22.0 Å². The van der Waals surface area contributed by atoms with Crippen LogP contribution < -0.4 is 16.6 Å². The Morgan fingerprint density at radius 3 is 2.59 bits per heavy atom. The molecule has 0 radical (unpaired) electrons. The van der Waals surface area contributed by atoms with Crippen LogP contribution in [-0.2, 0) is 25.3 Å². The highest BCUT2D eigenvalue weighted by Crippen LogP contribution is 2.23. The third kappa shape index (κ3) is 4.39. The fourth-order valence-electron chi connectivity index (χ4n) is 2.77. The molecule has 0 atom stereocenters. The first-order chi connectivity index (χ1) is 13.7. The molecule has 3 aromatic rings. The maximum Gasteiger partial charge on any atom is 0.332 e. The van der Waals surface area contributed by atoms with Gasteiger partial charge in [-0.2, -0.15) is 0 Å². The van der Waals surface area contributed by atoms with Gasteiger partial charge in [0.15, 0.2) is 11.5 Å². The number of amides is 1. The Kier molecular flexibility index (Phi) is 5.87. The molecule has 0 aliphatic rings. The highest BCUT2D eigenvalue weighted by molar-refractivity contribution is 8.00. The van der Waals surface area contributed by atoms with Crippen LogP contribution in [0.1, 0.15) is 25.4 Å². The van der Waals surface area contributed by atoms with E-state index in [4.69, 9.17) is 4.52 Å².